The standard InChI is InChI=1S/C21H22FN3O3S/c1-4-11-25-19-10-9-18(29(27,28)24(2)3)12-16(19)13-20(25)21(26)23-14-15-5-7-17(22)8-6-15/h4-10,12-13H,1,11,14H2,2-3H3,(H,23,26). The zero-order valence-electron chi connectivity index (χ0n) is 16.2. The van der Waals surface area contributed by atoms with Crippen molar-refractivity contribution in [2.24, 2.45) is 0 Å². The van der Waals surface area contributed by atoms with Gasteiger partial charge in [-0.2, -0.15) is 0 Å². The first-order valence-corrected chi connectivity index (χ1v) is 10.4. The second-order valence-electron chi connectivity index (χ2n) is 6.75. The molecule has 8 heteroatoms. The molecule has 3 rings (SSSR count). The van der Waals surface area contributed by atoms with Crippen LogP contribution in [0.2, 0.25) is 0 Å². The number of allylic oxidation sites excluding steroid dienone is 1. The van der Waals surface area contributed by atoms with Crippen molar-refractivity contribution in [2.45, 2.75) is 18.0 Å². The summed E-state index contributed by atoms with van der Waals surface area (Å²) in [5, 5.41) is 3.46. The average molecular weight is 415 g/mol. The monoisotopic (exact) mass is 415 g/mol. The largest absolute Gasteiger partial charge is 0.347 e. The van der Waals surface area contributed by atoms with Crippen LogP contribution in [-0.4, -0.2) is 37.3 Å². The SMILES string of the molecule is C=CCn1c(C(=O)NCc2ccc(F)cc2)cc2cc(S(=O)(=O)N(C)C)ccc21. The predicted octanol–water partition coefficient (Wildman–Crippen LogP) is 3.15. The van der Waals surface area contributed by atoms with Crippen LogP contribution in [0.5, 0.6) is 0 Å². The van der Waals surface area contributed by atoms with E-state index in [1.54, 1.807) is 41.0 Å². The van der Waals surface area contributed by atoms with Crippen molar-refractivity contribution in [1.29, 1.82) is 0 Å². The molecule has 1 N–H and O–H groups in total. The third-order valence-electron chi connectivity index (χ3n) is 4.56. The first-order chi connectivity index (χ1) is 13.7. The van der Waals surface area contributed by atoms with Crippen molar-refractivity contribution < 1.29 is 17.6 Å². The Bertz CT molecular complexity index is 1170. The molecule has 0 bridgehead atoms. The van der Waals surface area contributed by atoms with Crippen molar-refractivity contribution in [1.82, 2.24) is 14.2 Å². The fraction of sp³-hybridized carbons (Fsp3) is 0.190. The summed E-state index contributed by atoms with van der Waals surface area (Å²) in [6.07, 6.45) is 1.67. The molecular formula is C21H22FN3O3S. The van der Waals surface area contributed by atoms with Gasteiger partial charge in [-0.3, -0.25) is 4.79 Å². The second kappa shape index (κ2) is 8.18. The molecule has 1 heterocycles. The van der Waals surface area contributed by atoms with E-state index in [-0.39, 0.29) is 23.2 Å². The van der Waals surface area contributed by atoms with Crippen molar-refractivity contribution in [3.63, 3.8) is 0 Å². The van der Waals surface area contributed by atoms with E-state index >= 15 is 0 Å². The predicted molar refractivity (Wildman–Crippen MR) is 111 cm³/mol. The topological polar surface area (TPSA) is 71.4 Å². The van der Waals surface area contributed by atoms with Gasteiger partial charge in [0.05, 0.1) is 4.90 Å². The number of carbonyl (C=O) groups excluding carboxylic acids is 1. The van der Waals surface area contributed by atoms with Crippen LogP contribution < -0.4 is 5.32 Å². The molecule has 0 aliphatic rings. The fourth-order valence-corrected chi connectivity index (χ4v) is 3.95. The van der Waals surface area contributed by atoms with E-state index in [1.165, 1.54) is 32.3 Å². The summed E-state index contributed by atoms with van der Waals surface area (Å²) in [4.78, 5) is 12.9. The summed E-state index contributed by atoms with van der Waals surface area (Å²) >= 11 is 0. The average Bonchev–Trinajstić information content (AvgIpc) is 3.05. The highest BCUT2D eigenvalue weighted by Gasteiger charge is 2.20. The van der Waals surface area contributed by atoms with E-state index in [0.717, 1.165) is 15.4 Å². The lowest BCUT2D eigenvalue weighted by Gasteiger charge is -2.12. The van der Waals surface area contributed by atoms with E-state index < -0.39 is 10.0 Å². The Hall–Kier alpha value is -2.97. The molecule has 0 fully saturated rings. The van der Waals surface area contributed by atoms with E-state index in [1.807, 2.05) is 0 Å². The summed E-state index contributed by atoms with van der Waals surface area (Å²) < 4.78 is 40.8. The minimum Gasteiger partial charge on any atom is -0.347 e. The van der Waals surface area contributed by atoms with Crippen LogP contribution in [0.15, 0.2) is 66.1 Å². The number of nitrogens with zero attached hydrogens (tertiary/aromatic N) is 2. The molecule has 2 aromatic carbocycles. The number of nitrogens with one attached hydrogen (secondary N) is 1. The third kappa shape index (κ3) is 4.23. The van der Waals surface area contributed by atoms with Gasteiger partial charge >= 0.3 is 0 Å². The Balaban J connectivity index is 1.95. The van der Waals surface area contributed by atoms with Crippen molar-refractivity contribution in [2.75, 3.05) is 14.1 Å². The van der Waals surface area contributed by atoms with Gasteiger partial charge in [-0.15, -0.1) is 6.58 Å². The van der Waals surface area contributed by atoms with E-state index in [2.05, 4.69) is 11.9 Å². The Kier molecular flexibility index (Phi) is 5.86. The van der Waals surface area contributed by atoms with Gasteiger partial charge in [-0.1, -0.05) is 18.2 Å². The van der Waals surface area contributed by atoms with Gasteiger partial charge in [0, 0.05) is 38.1 Å². The minimum absolute atomic E-state index is 0.157. The molecule has 1 amide bonds. The smallest absolute Gasteiger partial charge is 0.268 e. The van der Waals surface area contributed by atoms with E-state index in [9.17, 15) is 17.6 Å². The maximum Gasteiger partial charge on any atom is 0.268 e. The molecule has 0 aliphatic heterocycles. The zero-order chi connectivity index (χ0) is 21.2. The number of hydrogen-bond donors (Lipinski definition) is 1. The third-order valence-corrected chi connectivity index (χ3v) is 6.37. The first-order valence-electron chi connectivity index (χ1n) is 8.93. The van der Waals surface area contributed by atoms with Crippen LogP contribution in [0.4, 0.5) is 4.39 Å². The lowest BCUT2D eigenvalue weighted by molar-refractivity contribution is 0.0942. The molecular weight excluding hydrogens is 393 g/mol. The molecule has 0 spiro atoms. The number of carbonyl (C=O) groups is 1. The van der Waals surface area contributed by atoms with Crippen LogP contribution in [0.3, 0.4) is 0 Å². The maximum absolute atomic E-state index is 13.0. The highest BCUT2D eigenvalue weighted by Crippen LogP contribution is 2.25. The summed E-state index contributed by atoms with van der Waals surface area (Å²) in [7, 11) is -0.644. The summed E-state index contributed by atoms with van der Waals surface area (Å²) in [6.45, 7) is 4.37. The quantitative estimate of drug-likeness (QED) is 0.603. The van der Waals surface area contributed by atoms with Crippen LogP contribution in [0.25, 0.3) is 10.9 Å². The van der Waals surface area contributed by atoms with Crippen LogP contribution in [-0.2, 0) is 23.1 Å². The number of halogens is 1. The molecule has 0 saturated heterocycles. The number of rotatable bonds is 7. The highest BCUT2D eigenvalue weighted by atomic mass is 32.2. The number of amides is 1. The summed E-state index contributed by atoms with van der Waals surface area (Å²) in [5.41, 5.74) is 1.89. The van der Waals surface area contributed by atoms with Gasteiger partial charge in [0.1, 0.15) is 11.5 Å². The van der Waals surface area contributed by atoms with Gasteiger partial charge in [0.15, 0.2) is 0 Å². The van der Waals surface area contributed by atoms with E-state index in [4.69, 9.17) is 0 Å². The number of sulfonamides is 1. The fourth-order valence-electron chi connectivity index (χ4n) is 3.01. The van der Waals surface area contributed by atoms with Crippen molar-refractivity contribution in [3.05, 3.63) is 78.3 Å². The lowest BCUT2D eigenvalue weighted by Crippen LogP contribution is -2.25. The number of fused-ring (bicyclic) bond motifs is 1. The minimum atomic E-state index is -3.58. The Morgan fingerprint density at radius 1 is 1.17 bits per heavy atom. The lowest BCUT2D eigenvalue weighted by atomic mass is 10.2. The molecule has 0 saturated carbocycles. The number of benzene rings is 2. The number of hydrogen-bond acceptors (Lipinski definition) is 3. The van der Waals surface area contributed by atoms with Crippen molar-refractivity contribution in [3.8, 4) is 0 Å². The molecule has 0 radical (unpaired) electrons. The Morgan fingerprint density at radius 3 is 2.48 bits per heavy atom. The molecule has 1 aromatic heterocycles. The van der Waals surface area contributed by atoms with Gasteiger partial charge < -0.3 is 9.88 Å². The number of aromatic nitrogens is 1. The van der Waals surface area contributed by atoms with Crippen molar-refractivity contribution >= 4 is 26.8 Å². The Morgan fingerprint density at radius 2 is 1.86 bits per heavy atom. The molecule has 152 valence electrons. The van der Waals surface area contributed by atoms with Crippen LogP contribution in [0, 0.1) is 5.82 Å². The van der Waals surface area contributed by atoms with Gasteiger partial charge in [0.2, 0.25) is 10.0 Å². The molecule has 0 aliphatic carbocycles. The van der Waals surface area contributed by atoms with Crippen LogP contribution >= 0.6 is 0 Å². The van der Waals surface area contributed by atoms with E-state index in [0.29, 0.717) is 17.6 Å². The Labute approximate surface area is 169 Å². The molecule has 0 atom stereocenters. The van der Waals surface area contributed by atoms with Crippen LogP contribution in [0.1, 0.15) is 16.1 Å². The highest BCUT2D eigenvalue weighted by molar-refractivity contribution is 7.89. The normalized spacial score (nSPS) is 11.7. The zero-order valence-corrected chi connectivity index (χ0v) is 17.0. The molecule has 6 nitrogen and oxygen atoms in total. The van der Waals surface area contributed by atoms with Gasteiger partial charge in [-0.05, 0) is 42.0 Å². The molecule has 0 unspecified atom stereocenters. The van der Waals surface area contributed by atoms with Gasteiger partial charge in [0.25, 0.3) is 5.91 Å². The maximum atomic E-state index is 13.0. The first kappa shape index (κ1) is 20.8. The summed E-state index contributed by atoms with van der Waals surface area (Å²) in [5.74, 6) is -0.654. The van der Waals surface area contributed by atoms with Gasteiger partial charge in [-0.25, -0.2) is 17.1 Å². The summed E-state index contributed by atoms with van der Waals surface area (Å²) in [6, 6.07) is 12.3. The second-order valence-corrected chi connectivity index (χ2v) is 8.90. The molecule has 29 heavy (non-hydrogen) atoms. The molecule has 3 aromatic rings.